The minimum Gasteiger partial charge on any atom is -0.378 e. The first-order chi connectivity index (χ1) is 9.69. The Morgan fingerprint density at radius 1 is 1.30 bits per heavy atom. The molecule has 0 saturated carbocycles. The lowest BCUT2D eigenvalue weighted by Gasteiger charge is -2.27. The predicted molar refractivity (Wildman–Crippen MR) is 82.4 cm³/mol. The van der Waals surface area contributed by atoms with Gasteiger partial charge in [0.05, 0.1) is 13.2 Å². The second-order valence-electron chi connectivity index (χ2n) is 5.67. The van der Waals surface area contributed by atoms with Gasteiger partial charge < -0.3 is 15.0 Å². The lowest BCUT2D eigenvalue weighted by molar-refractivity contribution is 0.122. The van der Waals surface area contributed by atoms with Crippen molar-refractivity contribution < 1.29 is 4.74 Å². The van der Waals surface area contributed by atoms with Gasteiger partial charge in [-0.15, -0.1) is 0 Å². The minimum absolute atomic E-state index is 0.599. The van der Waals surface area contributed by atoms with E-state index in [1.807, 2.05) is 0 Å². The summed E-state index contributed by atoms with van der Waals surface area (Å²) in [5, 5.41) is 3.38. The third-order valence-corrected chi connectivity index (χ3v) is 3.23. The predicted octanol–water partition coefficient (Wildman–Crippen LogP) is 2.33. The summed E-state index contributed by atoms with van der Waals surface area (Å²) in [6, 6.07) is 2.08. The van der Waals surface area contributed by atoms with Crippen LogP contribution in [0.3, 0.4) is 0 Å². The largest absolute Gasteiger partial charge is 0.378 e. The molecule has 1 N–H and O–H groups in total. The van der Waals surface area contributed by atoms with E-state index in [9.17, 15) is 0 Å². The molecule has 2 heterocycles. The van der Waals surface area contributed by atoms with Crippen molar-refractivity contribution >= 4 is 11.8 Å². The molecular weight excluding hydrogens is 252 g/mol. The molecule has 0 amide bonds. The van der Waals surface area contributed by atoms with Crippen LogP contribution >= 0.6 is 0 Å². The van der Waals surface area contributed by atoms with E-state index < -0.39 is 0 Å². The molecule has 1 aliphatic rings. The van der Waals surface area contributed by atoms with Crippen molar-refractivity contribution in [1.82, 2.24) is 9.97 Å². The van der Waals surface area contributed by atoms with Crippen LogP contribution in [0.25, 0.3) is 0 Å². The zero-order valence-electron chi connectivity index (χ0n) is 12.9. The first kappa shape index (κ1) is 15.0. The molecule has 5 nitrogen and oxygen atoms in total. The summed E-state index contributed by atoms with van der Waals surface area (Å²) >= 11 is 0. The number of morpholine rings is 1. The maximum Gasteiger partial charge on any atom is 0.227 e. The van der Waals surface area contributed by atoms with Gasteiger partial charge in [0.25, 0.3) is 0 Å². The fourth-order valence-electron chi connectivity index (χ4n) is 2.25. The van der Waals surface area contributed by atoms with Crippen molar-refractivity contribution in [2.75, 3.05) is 43.1 Å². The van der Waals surface area contributed by atoms with Gasteiger partial charge in [0.1, 0.15) is 5.82 Å². The number of nitrogens with zero attached hydrogens (tertiary/aromatic N) is 3. The summed E-state index contributed by atoms with van der Waals surface area (Å²) in [7, 11) is 0. The Hall–Kier alpha value is -1.36. The highest BCUT2D eigenvalue weighted by molar-refractivity contribution is 5.44. The van der Waals surface area contributed by atoms with Gasteiger partial charge in [-0.1, -0.05) is 20.8 Å². The van der Waals surface area contributed by atoms with Crippen LogP contribution in [0.2, 0.25) is 0 Å². The Bertz CT molecular complexity index is 416. The molecule has 5 heteroatoms. The number of anilines is 2. The van der Waals surface area contributed by atoms with Gasteiger partial charge >= 0.3 is 0 Å². The van der Waals surface area contributed by atoms with E-state index in [0.29, 0.717) is 5.92 Å². The fourth-order valence-corrected chi connectivity index (χ4v) is 2.25. The molecule has 0 aromatic carbocycles. The van der Waals surface area contributed by atoms with Crippen molar-refractivity contribution in [2.45, 2.75) is 33.6 Å². The van der Waals surface area contributed by atoms with Gasteiger partial charge in [-0.2, -0.15) is 4.98 Å². The van der Waals surface area contributed by atoms with Gasteiger partial charge in [0.15, 0.2) is 0 Å². The van der Waals surface area contributed by atoms with E-state index >= 15 is 0 Å². The second kappa shape index (κ2) is 7.43. The Morgan fingerprint density at radius 3 is 2.70 bits per heavy atom. The van der Waals surface area contributed by atoms with Gasteiger partial charge in [-0.05, 0) is 18.8 Å². The second-order valence-corrected chi connectivity index (χ2v) is 5.67. The summed E-state index contributed by atoms with van der Waals surface area (Å²) in [6.07, 6.45) is 2.08. The van der Waals surface area contributed by atoms with Crippen LogP contribution in [0.4, 0.5) is 11.8 Å². The van der Waals surface area contributed by atoms with Crippen molar-refractivity contribution in [3.63, 3.8) is 0 Å². The standard InChI is InChI=1S/C15H26N4O/c1-4-5-16-14-11-13(10-12(2)3)17-15(18-14)19-6-8-20-9-7-19/h11-12H,4-10H2,1-3H3,(H,16,17,18). The molecule has 1 fully saturated rings. The van der Waals surface area contributed by atoms with Crippen molar-refractivity contribution in [3.8, 4) is 0 Å². The SMILES string of the molecule is CCCNc1cc(CC(C)C)nc(N2CCOCC2)n1. The number of ether oxygens (including phenoxy) is 1. The Kier molecular flexibility index (Phi) is 5.59. The molecule has 2 rings (SSSR count). The van der Waals surface area contributed by atoms with Gasteiger partial charge in [0, 0.05) is 31.4 Å². The molecule has 0 unspecified atom stereocenters. The Morgan fingerprint density at radius 2 is 2.05 bits per heavy atom. The third kappa shape index (κ3) is 4.34. The van der Waals surface area contributed by atoms with E-state index in [-0.39, 0.29) is 0 Å². The minimum atomic E-state index is 0.599. The highest BCUT2D eigenvalue weighted by Gasteiger charge is 2.16. The van der Waals surface area contributed by atoms with Crippen LogP contribution in [0, 0.1) is 5.92 Å². The molecule has 0 spiro atoms. The van der Waals surface area contributed by atoms with Gasteiger partial charge in [-0.3, -0.25) is 0 Å². The van der Waals surface area contributed by atoms with Crippen LogP contribution in [-0.2, 0) is 11.2 Å². The van der Waals surface area contributed by atoms with E-state index in [1.165, 1.54) is 0 Å². The molecule has 112 valence electrons. The molecule has 0 radical (unpaired) electrons. The summed E-state index contributed by atoms with van der Waals surface area (Å²) in [5.41, 5.74) is 1.12. The molecule has 20 heavy (non-hydrogen) atoms. The van der Waals surface area contributed by atoms with Crippen LogP contribution in [-0.4, -0.2) is 42.8 Å². The van der Waals surface area contributed by atoms with Crippen LogP contribution in [0.15, 0.2) is 6.07 Å². The summed E-state index contributed by atoms with van der Waals surface area (Å²) in [5.74, 6) is 2.38. The topological polar surface area (TPSA) is 50.3 Å². The molecule has 1 aliphatic heterocycles. The quantitative estimate of drug-likeness (QED) is 0.865. The average molecular weight is 278 g/mol. The van der Waals surface area contributed by atoms with E-state index in [1.54, 1.807) is 0 Å². The fraction of sp³-hybridized carbons (Fsp3) is 0.733. The number of aromatic nitrogens is 2. The lowest BCUT2D eigenvalue weighted by atomic mass is 10.1. The normalized spacial score (nSPS) is 15.7. The summed E-state index contributed by atoms with van der Waals surface area (Å²) in [4.78, 5) is 11.6. The maximum absolute atomic E-state index is 5.40. The van der Waals surface area contributed by atoms with Crippen molar-refractivity contribution in [1.29, 1.82) is 0 Å². The highest BCUT2D eigenvalue weighted by Crippen LogP contribution is 2.17. The molecule has 1 saturated heterocycles. The molecule has 1 aromatic heterocycles. The van der Waals surface area contributed by atoms with Gasteiger partial charge in [0.2, 0.25) is 5.95 Å². The molecule has 0 atom stereocenters. The molecule has 1 aromatic rings. The number of hydrogen-bond acceptors (Lipinski definition) is 5. The number of nitrogens with one attached hydrogen (secondary N) is 1. The van der Waals surface area contributed by atoms with E-state index in [0.717, 1.165) is 63.1 Å². The van der Waals surface area contributed by atoms with Crippen LogP contribution < -0.4 is 10.2 Å². The Labute approximate surface area is 121 Å². The first-order valence-corrected chi connectivity index (χ1v) is 7.63. The lowest BCUT2D eigenvalue weighted by Crippen LogP contribution is -2.37. The molecule has 0 aliphatic carbocycles. The molecule has 0 bridgehead atoms. The third-order valence-electron chi connectivity index (χ3n) is 3.23. The van der Waals surface area contributed by atoms with Crippen LogP contribution in [0.5, 0.6) is 0 Å². The van der Waals surface area contributed by atoms with Crippen molar-refractivity contribution in [3.05, 3.63) is 11.8 Å². The maximum atomic E-state index is 5.40. The summed E-state index contributed by atoms with van der Waals surface area (Å²) in [6.45, 7) is 10.8. The van der Waals surface area contributed by atoms with Gasteiger partial charge in [-0.25, -0.2) is 4.98 Å². The first-order valence-electron chi connectivity index (χ1n) is 7.63. The zero-order valence-corrected chi connectivity index (χ0v) is 12.9. The monoisotopic (exact) mass is 278 g/mol. The Balaban J connectivity index is 2.19. The highest BCUT2D eigenvalue weighted by atomic mass is 16.5. The average Bonchev–Trinajstić information content (AvgIpc) is 2.45. The van der Waals surface area contributed by atoms with E-state index in [2.05, 4.69) is 42.0 Å². The number of hydrogen-bond donors (Lipinski definition) is 1. The zero-order chi connectivity index (χ0) is 14.4. The smallest absolute Gasteiger partial charge is 0.227 e. The number of rotatable bonds is 6. The van der Waals surface area contributed by atoms with Crippen molar-refractivity contribution in [2.24, 2.45) is 5.92 Å². The summed E-state index contributed by atoms with van der Waals surface area (Å²) < 4.78 is 5.40. The van der Waals surface area contributed by atoms with Crippen LogP contribution in [0.1, 0.15) is 32.9 Å². The van der Waals surface area contributed by atoms with E-state index in [4.69, 9.17) is 9.72 Å². The molecular formula is C15H26N4O.